The Balaban J connectivity index is 1.81. The maximum Gasteiger partial charge on any atom is 0.161 e. The summed E-state index contributed by atoms with van der Waals surface area (Å²) in [5.41, 5.74) is 3.02. The maximum absolute atomic E-state index is 5.54. The van der Waals surface area contributed by atoms with E-state index in [2.05, 4.69) is 10.1 Å². The van der Waals surface area contributed by atoms with Crippen molar-refractivity contribution in [1.29, 1.82) is 0 Å². The van der Waals surface area contributed by atoms with Crippen LogP contribution in [0.3, 0.4) is 0 Å². The van der Waals surface area contributed by atoms with E-state index in [9.17, 15) is 0 Å². The maximum atomic E-state index is 5.54. The molecule has 0 N–H and O–H groups in total. The number of para-hydroxylation sites is 1. The van der Waals surface area contributed by atoms with Crippen LogP contribution >= 0.6 is 0 Å². The standard InChI is InChI=1S/C15H14N2O2/c1-18-14-5-3-2-4-12(14)15-10-13(17-19-15)11-6-8-16-9-7-11/h2-9,15H,10H2,1H3. The molecule has 0 saturated heterocycles. The van der Waals surface area contributed by atoms with Crippen molar-refractivity contribution in [2.45, 2.75) is 12.5 Å². The van der Waals surface area contributed by atoms with Gasteiger partial charge in [-0.15, -0.1) is 0 Å². The predicted molar refractivity (Wildman–Crippen MR) is 72.2 cm³/mol. The van der Waals surface area contributed by atoms with Crippen molar-refractivity contribution in [1.82, 2.24) is 4.98 Å². The van der Waals surface area contributed by atoms with Crippen LogP contribution in [0.25, 0.3) is 0 Å². The molecule has 3 rings (SSSR count). The molecule has 2 aromatic rings. The van der Waals surface area contributed by atoms with E-state index < -0.39 is 0 Å². The number of hydrogen-bond acceptors (Lipinski definition) is 4. The number of ether oxygens (including phenoxy) is 1. The summed E-state index contributed by atoms with van der Waals surface area (Å²) in [6.45, 7) is 0. The van der Waals surface area contributed by atoms with E-state index in [-0.39, 0.29) is 6.10 Å². The molecule has 0 spiro atoms. The molecule has 0 fully saturated rings. The number of aromatic nitrogens is 1. The first-order valence-electron chi connectivity index (χ1n) is 6.14. The van der Waals surface area contributed by atoms with Crippen LogP contribution in [-0.4, -0.2) is 17.8 Å². The molecule has 0 amide bonds. The van der Waals surface area contributed by atoms with Crippen LogP contribution < -0.4 is 4.74 Å². The highest BCUT2D eigenvalue weighted by Crippen LogP contribution is 2.34. The van der Waals surface area contributed by atoms with Gasteiger partial charge in [-0.1, -0.05) is 23.4 Å². The number of oxime groups is 1. The summed E-state index contributed by atoms with van der Waals surface area (Å²) >= 11 is 0. The molecule has 1 aliphatic heterocycles. The first-order valence-corrected chi connectivity index (χ1v) is 6.14. The lowest BCUT2D eigenvalue weighted by molar-refractivity contribution is 0.0837. The minimum absolute atomic E-state index is 0.0840. The normalized spacial score (nSPS) is 17.7. The first kappa shape index (κ1) is 11.7. The first-order chi connectivity index (χ1) is 9.38. The van der Waals surface area contributed by atoms with Gasteiger partial charge in [0.1, 0.15) is 5.75 Å². The van der Waals surface area contributed by atoms with Crippen LogP contribution in [0.15, 0.2) is 53.9 Å². The van der Waals surface area contributed by atoms with Crippen LogP contribution in [0.2, 0.25) is 0 Å². The van der Waals surface area contributed by atoms with E-state index in [4.69, 9.17) is 9.57 Å². The second kappa shape index (κ2) is 5.10. The molecule has 4 heteroatoms. The Morgan fingerprint density at radius 2 is 1.95 bits per heavy atom. The van der Waals surface area contributed by atoms with Crippen molar-refractivity contribution in [2.24, 2.45) is 5.16 Å². The van der Waals surface area contributed by atoms with Gasteiger partial charge in [-0.05, 0) is 18.2 Å². The van der Waals surface area contributed by atoms with E-state index in [0.717, 1.165) is 29.0 Å². The fourth-order valence-corrected chi connectivity index (χ4v) is 2.19. The van der Waals surface area contributed by atoms with E-state index in [1.165, 1.54) is 0 Å². The van der Waals surface area contributed by atoms with Gasteiger partial charge >= 0.3 is 0 Å². The quantitative estimate of drug-likeness (QED) is 0.845. The second-order valence-corrected chi connectivity index (χ2v) is 4.31. The molecule has 0 radical (unpaired) electrons. The van der Waals surface area contributed by atoms with Gasteiger partial charge in [0.2, 0.25) is 0 Å². The zero-order valence-electron chi connectivity index (χ0n) is 10.6. The number of methoxy groups -OCH3 is 1. The zero-order chi connectivity index (χ0) is 13.1. The topological polar surface area (TPSA) is 43.7 Å². The molecule has 1 unspecified atom stereocenters. The van der Waals surface area contributed by atoms with Gasteiger partial charge in [0.25, 0.3) is 0 Å². The smallest absolute Gasteiger partial charge is 0.161 e. The van der Waals surface area contributed by atoms with E-state index >= 15 is 0 Å². The lowest BCUT2D eigenvalue weighted by Gasteiger charge is -2.12. The summed E-state index contributed by atoms with van der Waals surface area (Å²) in [5, 5.41) is 4.17. The van der Waals surface area contributed by atoms with Gasteiger partial charge in [0, 0.05) is 29.9 Å². The summed E-state index contributed by atoms with van der Waals surface area (Å²) in [7, 11) is 1.67. The van der Waals surface area contributed by atoms with E-state index in [1.54, 1.807) is 19.5 Å². The Morgan fingerprint density at radius 3 is 2.74 bits per heavy atom. The lowest BCUT2D eigenvalue weighted by Crippen LogP contribution is -2.03. The van der Waals surface area contributed by atoms with Crippen molar-refractivity contribution in [3.05, 3.63) is 59.9 Å². The summed E-state index contributed by atoms with van der Waals surface area (Å²) in [4.78, 5) is 9.54. The van der Waals surface area contributed by atoms with Crippen LogP contribution in [0.1, 0.15) is 23.7 Å². The van der Waals surface area contributed by atoms with Gasteiger partial charge in [-0.25, -0.2) is 0 Å². The Bertz CT molecular complexity index is 596. The number of nitrogens with zero attached hydrogens (tertiary/aromatic N) is 2. The molecular weight excluding hydrogens is 240 g/mol. The molecule has 0 saturated carbocycles. The fraction of sp³-hybridized carbons (Fsp3) is 0.200. The minimum Gasteiger partial charge on any atom is -0.496 e. The van der Waals surface area contributed by atoms with Crippen molar-refractivity contribution in [3.63, 3.8) is 0 Å². The van der Waals surface area contributed by atoms with E-state index in [1.807, 2.05) is 36.4 Å². The van der Waals surface area contributed by atoms with Gasteiger partial charge in [-0.2, -0.15) is 0 Å². The minimum atomic E-state index is -0.0840. The SMILES string of the molecule is COc1ccccc1C1CC(c2ccncc2)=NO1. The Kier molecular flexibility index (Phi) is 3.14. The lowest BCUT2D eigenvalue weighted by atomic mass is 10.0. The predicted octanol–water partition coefficient (Wildman–Crippen LogP) is 2.96. The molecule has 4 nitrogen and oxygen atoms in total. The van der Waals surface area contributed by atoms with Crippen LogP contribution in [0, 0.1) is 0 Å². The van der Waals surface area contributed by atoms with Crippen molar-refractivity contribution >= 4 is 5.71 Å². The highest BCUT2D eigenvalue weighted by molar-refractivity contribution is 6.01. The molecule has 19 heavy (non-hydrogen) atoms. The third-order valence-electron chi connectivity index (χ3n) is 3.17. The average molecular weight is 254 g/mol. The van der Waals surface area contributed by atoms with Gasteiger partial charge in [0.15, 0.2) is 6.10 Å². The van der Waals surface area contributed by atoms with Crippen molar-refractivity contribution < 1.29 is 9.57 Å². The van der Waals surface area contributed by atoms with Gasteiger partial charge in [0.05, 0.1) is 12.8 Å². The molecular formula is C15H14N2O2. The van der Waals surface area contributed by atoms with Crippen molar-refractivity contribution in [2.75, 3.05) is 7.11 Å². The molecule has 96 valence electrons. The number of pyridine rings is 1. The molecule has 2 heterocycles. The van der Waals surface area contributed by atoms with Gasteiger partial charge in [-0.3, -0.25) is 4.98 Å². The second-order valence-electron chi connectivity index (χ2n) is 4.31. The number of hydrogen-bond donors (Lipinski definition) is 0. The third kappa shape index (κ3) is 2.29. The fourth-order valence-electron chi connectivity index (χ4n) is 2.19. The van der Waals surface area contributed by atoms with Gasteiger partial charge < -0.3 is 9.57 Å². The third-order valence-corrected chi connectivity index (χ3v) is 3.17. The highest BCUT2D eigenvalue weighted by Gasteiger charge is 2.26. The largest absolute Gasteiger partial charge is 0.496 e. The van der Waals surface area contributed by atoms with E-state index in [0.29, 0.717) is 0 Å². The van der Waals surface area contributed by atoms with Crippen LogP contribution in [0.4, 0.5) is 0 Å². The summed E-state index contributed by atoms with van der Waals surface area (Å²) in [6.07, 6.45) is 4.17. The zero-order valence-corrected chi connectivity index (χ0v) is 10.6. The average Bonchev–Trinajstić information content (AvgIpc) is 2.98. The molecule has 1 atom stereocenters. The summed E-state index contributed by atoms with van der Waals surface area (Å²) < 4.78 is 5.36. The molecule has 1 aromatic heterocycles. The summed E-state index contributed by atoms with van der Waals surface area (Å²) in [6, 6.07) is 11.7. The molecule has 0 aliphatic carbocycles. The molecule has 1 aromatic carbocycles. The Morgan fingerprint density at radius 1 is 1.16 bits per heavy atom. The van der Waals surface area contributed by atoms with Crippen LogP contribution in [0.5, 0.6) is 5.75 Å². The van der Waals surface area contributed by atoms with Crippen LogP contribution in [-0.2, 0) is 4.84 Å². The monoisotopic (exact) mass is 254 g/mol. The Hall–Kier alpha value is -2.36. The van der Waals surface area contributed by atoms with Crippen molar-refractivity contribution in [3.8, 4) is 5.75 Å². The highest BCUT2D eigenvalue weighted by atomic mass is 16.6. The molecule has 1 aliphatic rings. The number of rotatable bonds is 3. The molecule has 0 bridgehead atoms. The summed E-state index contributed by atoms with van der Waals surface area (Å²) in [5.74, 6) is 0.832. The number of benzene rings is 1. The Labute approximate surface area is 111 Å².